The normalized spacial score (nSPS) is 8.26. The number of rotatable bonds is 9. The van der Waals surface area contributed by atoms with Gasteiger partial charge in [-0.1, -0.05) is 38.0 Å². The van der Waals surface area contributed by atoms with Crippen LogP contribution in [0, 0.1) is 23.7 Å². The van der Waals surface area contributed by atoms with E-state index in [1.165, 1.54) is 25.7 Å². The Kier molecular flexibility index (Phi) is 14.9. The van der Waals surface area contributed by atoms with E-state index in [-0.39, 0.29) is 0 Å². The molecule has 19 heavy (non-hydrogen) atoms. The Labute approximate surface area is 118 Å². The van der Waals surface area contributed by atoms with Gasteiger partial charge in [-0.05, 0) is 43.6 Å². The molecule has 0 aromatic carbocycles. The highest BCUT2D eigenvalue weighted by Crippen LogP contribution is 2.06. The van der Waals surface area contributed by atoms with Gasteiger partial charge >= 0.3 is 0 Å². The molecular weight excluding hydrogens is 232 g/mol. The predicted octanol–water partition coefficient (Wildman–Crippen LogP) is 4.43. The molecule has 0 fully saturated rings. The smallest absolute Gasteiger partial charge is 0.119 e. The molecule has 0 amide bonds. The van der Waals surface area contributed by atoms with E-state index in [2.05, 4.69) is 36.3 Å². The minimum atomic E-state index is 0.711. The zero-order valence-electron chi connectivity index (χ0n) is 12.0. The average molecular weight is 256 g/mol. The predicted molar refractivity (Wildman–Crippen MR) is 81.5 cm³/mol. The van der Waals surface area contributed by atoms with Crippen molar-refractivity contribution < 1.29 is 4.79 Å². The maximum atomic E-state index is 10.1. The molecule has 0 aromatic heterocycles. The van der Waals surface area contributed by atoms with E-state index in [0.29, 0.717) is 6.42 Å². The lowest BCUT2D eigenvalue weighted by molar-refractivity contribution is -0.107. The molecule has 0 aliphatic heterocycles. The third-order valence-electron chi connectivity index (χ3n) is 2.54. The van der Waals surface area contributed by atoms with Crippen LogP contribution in [-0.4, -0.2) is 6.29 Å². The molecule has 0 aliphatic carbocycles. The van der Waals surface area contributed by atoms with Gasteiger partial charge in [0.05, 0.1) is 0 Å². The van der Waals surface area contributed by atoms with Gasteiger partial charge < -0.3 is 4.79 Å². The molecule has 0 bridgehead atoms. The van der Waals surface area contributed by atoms with Gasteiger partial charge in [-0.2, -0.15) is 0 Å². The summed E-state index contributed by atoms with van der Waals surface area (Å²) >= 11 is 0. The van der Waals surface area contributed by atoms with Crippen molar-refractivity contribution in [2.45, 2.75) is 64.7 Å². The van der Waals surface area contributed by atoms with Crippen LogP contribution in [0.1, 0.15) is 64.7 Å². The van der Waals surface area contributed by atoms with Crippen LogP contribution in [0.4, 0.5) is 0 Å². The fraction of sp³-hybridized carbons (Fsp3) is 0.556. The van der Waals surface area contributed by atoms with Gasteiger partial charge in [-0.15, -0.1) is 5.73 Å². The number of carbonyl (C=O) groups is 1. The van der Waals surface area contributed by atoms with Crippen LogP contribution in [0.5, 0.6) is 0 Å². The molecule has 1 heteroatoms. The number of carbonyl (C=O) groups excluding carboxylic acids is 1. The van der Waals surface area contributed by atoms with Gasteiger partial charge in [0, 0.05) is 18.9 Å². The fourth-order valence-electron chi connectivity index (χ4n) is 1.49. The molecule has 1 nitrogen and oxygen atoms in total. The summed E-state index contributed by atoms with van der Waals surface area (Å²) in [7, 11) is 0. The highest BCUT2D eigenvalue weighted by Gasteiger charge is 1.88. The van der Waals surface area contributed by atoms with Crippen LogP contribution in [0.25, 0.3) is 0 Å². The van der Waals surface area contributed by atoms with Crippen molar-refractivity contribution in [3.8, 4) is 23.7 Å². The number of hydrogen-bond donors (Lipinski definition) is 0. The molecule has 0 unspecified atom stereocenters. The summed E-state index contributed by atoms with van der Waals surface area (Å²) in [5.74, 6) is 11.4. The van der Waals surface area contributed by atoms with Crippen molar-refractivity contribution >= 4 is 6.29 Å². The summed E-state index contributed by atoms with van der Waals surface area (Å²) < 4.78 is 0. The topological polar surface area (TPSA) is 17.1 Å². The second-order valence-corrected chi connectivity index (χ2v) is 4.35. The van der Waals surface area contributed by atoms with Crippen molar-refractivity contribution in [2.75, 3.05) is 0 Å². The molecule has 0 atom stereocenters. The summed E-state index contributed by atoms with van der Waals surface area (Å²) in [6.45, 7) is 2.10. The first-order valence-corrected chi connectivity index (χ1v) is 7.23. The summed E-state index contributed by atoms with van der Waals surface area (Å²) in [5, 5.41) is 0. The minimum absolute atomic E-state index is 0.711. The highest BCUT2D eigenvalue weighted by molar-refractivity contribution is 5.48. The summed E-state index contributed by atoms with van der Waals surface area (Å²) in [5.41, 5.74) is 3.05. The van der Waals surface area contributed by atoms with Gasteiger partial charge in [0.25, 0.3) is 0 Å². The van der Waals surface area contributed by atoms with Gasteiger partial charge in [-0.25, -0.2) is 0 Å². The second-order valence-electron chi connectivity index (χ2n) is 4.35. The SMILES string of the molecule is CCCC#CC#CC=C=CCCCCCCCC=O. The lowest BCUT2D eigenvalue weighted by Crippen LogP contribution is -1.79. The number of allylic oxidation sites excluding steroid dienone is 1. The van der Waals surface area contributed by atoms with E-state index in [1.54, 1.807) is 6.08 Å². The summed E-state index contributed by atoms with van der Waals surface area (Å²) in [4.78, 5) is 10.1. The molecule has 0 aromatic rings. The van der Waals surface area contributed by atoms with Crippen molar-refractivity contribution in [2.24, 2.45) is 0 Å². The lowest BCUT2D eigenvalue weighted by atomic mass is 10.1. The maximum absolute atomic E-state index is 10.1. The molecule has 0 saturated heterocycles. The Bertz CT molecular complexity index is 389. The van der Waals surface area contributed by atoms with Gasteiger partial charge in [0.1, 0.15) is 6.29 Å². The standard InChI is InChI=1S/C18H24O/c1-2-3-4-5-6-7-8-9-10-11-12-13-14-15-16-17-18-19/h8,10,18H,2-3,11-17H2,1H3. The van der Waals surface area contributed by atoms with E-state index >= 15 is 0 Å². The molecule has 0 radical (unpaired) electrons. The van der Waals surface area contributed by atoms with Crippen molar-refractivity contribution in [1.82, 2.24) is 0 Å². The van der Waals surface area contributed by atoms with Crippen LogP contribution in [-0.2, 0) is 4.79 Å². The highest BCUT2D eigenvalue weighted by atomic mass is 16.1. The number of hydrogen-bond acceptors (Lipinski definition) is 1. The van der Waals surface area contributed by atoms with E-state index < -0.39 is 0 Å². The van der Waals surface area contributed by atoms with Gasteiger partial charge in [0.2, 0.25) is 0 Å². The maximum Gasteiger partial charge on any atom is 0.119 e. The lowest BCUT2D eigenvalue weighted by Gasteiger charge is -1.96. The molecule has 0 spiro atoms. The van der Waals surface area contributed by atoms with Gasteiger partial charge in [0.15, 0.2) is 0 Å². The van der Waals surface area contributed by atoms with Gasteiger partial charge in [-0.3, -0.25) is 0 Å². The van der Waals surface area contributed by atoms with E-state index in [0.717, 1.165) is 32.0 Å². The number of aldehydes is 1. The second kappa shape index (κ2) is 16.3. The quantitative estimate of drug-likeness (QED) is 0.258. The molecular formula is C18H24O. The Balaban J connectivity index is 3.47. The Hall–Kier alpha value is -1.69. The minimum Gasteiger partial charge on any atom is -0.303 e. The Morgan fingerprint density at radius 3 is 2.42 bits per heavy atom. The van der Waals surface area contributed by atoms with Crippen LogP contribution in [0.2, 0.25) is 0 Å². The molecule has 0 heterocycles. The van der Waals surface area contributed by atoms with Crippen LogP contribution >= 0.6 is 0 Å². The van der Waals surface area contributed by atoms with E-state index in [9.17, 15) is 4.79 Å². The third kappa shape index (κ3) is 16.3. The van der Waals surface area contributed by atoms with Crippen LogP contribution < -0.4 is 0 Å². The van der Waals surface area contributed by atoms with E-state index in [4.69, 9.17) is 0 Å². The first-order chi connectivity index (χ1) is 9.41. The monoisotopic (exact) mass is 256 g/mol. The molecule has 102 valence electrons. The molecule has 0 rings (SSSR count). The molecule has 0 saturated carbocycles. The third-order valence-corrected chi connectivity index (χ3v) is 2.54. The van der Waals surface area contributed by atoms with Crippen molar-refractivity contribution in [1.29, 1.82) is 0 Å². The summed E-state index contributed by atoms with van der Waals surface area (Å²) in [6.07, 6.45) is 14.4. The van der Waals surface area contributed by atoms with Crippen molar-refractivity contribution in [3.05, 3.63) is 17.9 Å². The molecule has 0 N–H and O–H groups in total. The number of unbranched alkanes of at least 4 members (excludes halogenated alkanes) is 7. The van der Waals surface area contributed by atoms with E-state index in [1.807, 2.05) is 6.08 Å². The largest absolute Gasteiger partial charge is 0.303 e. The first-order valence-electron chi connectivity index (χ1n) is 7.23. The Morgan fingerprint density at radius 1 is 0.947 bits per heavy atom. The first kappa shape index (κ1) is 17.3. The van der Waals surface area contributed by atoms with Crippen molar-refractivity contribution in [3.63, 3.8) is 0 Å². The summed E-state index contributed by atoms with van der Waals surface area (Å²) in [6, 6.07) is 0. The zero-order chi connectivity index (χ0) is 14.0. The average Bonchev–Trinajstić information content (AvgIpc) is 2.43. The Morgan fingerprint density at radius 2 is 1.68 bits per heavy atom. The van der Waals surface area contributed by atoms with Crippen LogP contribution in [0.15, 0.2) is 17.9 Å². The molecule has 0 aliphatic rings. The zero-order valence-corrected chi connectivity index (χ0v) is 12.0. The fourth-order valence-corrected chi connectivity index (χ4v) is 1.49. The van der Waals surface area contributed by atoms with Crippen LogP contribution in [0.3, 0.4) is 0 Å².